The number of benzene rings is 1. The molecular weight excluding hydrogens is 282 g/mol. The maximum atomic E-state index is 11.7. The molecule has 0 spiro atoms. The molecule has 2 aromatic rings. The summed E-state index contributed by atoms with van der Waals surface area (Å²) in [5.74, 6) is 0.586. The summed E-state index contributed by atoms with van der Waals surface area (Å²) >= 11 is 3.36. The van der Waals surface area contributed by atoms with Gasteiger partial charge in [0.15, 0.2) is 0 Å². The first-order valence-corrected chi connectivity index (χ1v) is 5.99. The highest BCUT2D eigenvalue weighted by Gasteiger charge is 2.03. The molecule has 0 aliphatic rings. The van der Waals surface area contributed by atoms with E-state index in [4.69, 9.17) is 0 Å². The number of aromatic nitrogens is 2. The molecule has 2 N–H and O–H groups in total. The number of halogens is 1. The van der Waals surface area contributed by atoms with Crippen LogP contribution in [0.2, 0.25) is 0 Å². The molecule has 2 rings (SSSR count). The van der Waals surface area contributed by atoms with Gasteiger partial charge in [-0.3, -0.25) is 4.79 Å². The van der Waals surface area contributed by atoms with E-state index in [1.165, 1.54) is 0 Å². The zero-order valence-electron chi connectivity index (χ0n) is 9.33. The van der Waals surface area contributed by atoms with Crippen molar-refractivity contribution in [2.24, 2.45) is 0 Å². The van der Waals surface area contributed by atoms with E-state index in [9.17, 15) is 4.79 Å². The summed E-state index contributed by atoms with van der Waals surface area (Å²) in [4.78, 5) is 18.7. The zero-order chi connectivity index (χ0) is 12.3. The van der Waals surface area contributed by atoms with Crippen LogP contribution in [0.3, 0.4) is 0 Å². The van der Waals surface area contributed by atoms with Crippen LogP contribution in [0.25, 0.3) is 11.4 Å². The molecule has 0 atom stereocenters. The van der Waals surface area contributed by atoms with Crippen LogP contribution in [0.15, 0.2) is 39.7 Å². The van der Waals surface area contributed by atoms with Crippen LogP contribution in [0.4, 0.5) is 0 Å². The third kappa shape index (κ3) is 2.81. The monoisotopic (exact) mass is 293 g/mol. The Hall–Kier alpha value is -1.46. The largest absolute Gasteiger partial charge is 0.315 e. The number of nitrogens with zero attached hydrogens (tertiary/aromatic N) is 1. The van der Waals surface area contributed by atoms with Gasteiger partial charge in [-0.25, -0.2) is 4.98 Å². The van der Waals surface area contributed by atoms with Gasteiger partial charge in [-0.15, -0.1) is 0 Å². The minimum atomic E-state index is -0.104. The standard InChI is InChI=1S/C12H12BrN3O/c1-14-6-9-7-15-11(16-12(9)17)8-2-4-10(13)5-3-8/h2-5,7,14H,6H2,1H3,(H,15,16,17). The summed E-state index contributed by atoms with van der Waals surface area (Å²) in [6.45, 7) is 0.517. The lowest BCUT2D eigenvalue weighted by atomic mass is 10.2. The smallest absolute Gasteiger partial charge is 0.255 e. The van der Waals surface area contributed by atoms with E-state index >= 15 is 0 Å². The molecular formula is C12H12BrN3O. The summed E-state index contributed by atoms with van der Waals surface area (Å²) in [6, 6.07) is 7.63. The molecule has 1 aromatic heterocycles. The van der Waals surface area contributed by atoms with E-state index in [2.05, 4.69) is 31.2 Å². The van der Waals surface area contributed by atoms with Crippen LogP contribution in [0, 0.1) is 0 Å². The lowest BCUT2D eigenvalue weighted by molar-refractivity contribution is 0.798. The molecule has 88 valence electrons. The molecule has 0 amide bonds. The average Bonchev–Trinajstić information content (AvgIpc) is 2.33. The first-order chi connectivity index (χ1) is 8.20. The Morgan fingerprint density at radius 1 is 1.35 bits per heavy atom. The fraction of sp³-hybridized carbons (Fsp3) is 0.167. The molecule has 0 aliphatic heterocycles. The van der Waals surface area contributed by atoms with Crippen LogP contribution in [-0.4, -0.2) is 17.0 Å². The first-order valence-electron chi connectivity index (χ1n) is 5.19. The van der Waals surface area contributed by atoms with Crippen molar-refractivity contribution in [3.63, 3.8) is 0 Å². The van der Waals surface area contributed by atoms with Crippen LogP contribution in [0.1, 0.15) is 5.56 Å². The highest BCUT2D eigenvalue weighted by atomic mass is 79.9. The second-order valence-electron chi connectivity index (χ2n) is 3.62. The van der Waals surface area contributed by atoms with Crippen molar-refractivity contribution < 1.29 is 0 Å². The third-order valence-electron chi connectivity index (χ3n) is 2.36. The maximum absolute atomic E-state index is 11.7. The van der Waals surface area contributed by atoms with Crippen molar-refractivity contribution in [3.05, 3.63) is 50.9 Å². The Labute approximate surface area is 107 Å². The Morgan fingerprint density at radius 3 is 2.65 bits per heavy atom. The Balaban J connectivity index is 2.37. The molecule has 17 heavy (non-hydrogen) atoms. The molecule has 1 heterocycles. The normalized spacial score (nSPS) is 10.5. The van der Waals surface area contributed by atoms with Crippen molar-refractivity contribution in [1.82, 2.24) is 15.3 Å². The molecule has 0 aliphatic carbocycles. The van der Waals surface area contributed by atoms with Gasteiger partial charge < -0.3 is 10.3 Å². The molecule has 0 fully saturated rings. The van der Waals surface area contributed by atoms with Crippen molar-refractivity contribution in [3.8, 4) is 11.4 Å². The number of rotatable bonds is 3. The van der Waals surface area contributed by atoms with Gasteiger partial charge in [0.2, 0.25) is 0 Å². The van der Waals surface area contributed by atoms with Crippen molar-refractivity contribution in [2.45, 2.75) is 6.54 Å². The zero-order valence-corrected chi connectivity index (χ0v) is 10.9. The Bertz CT molecular complexity index is 563. The third-order valence-corrected chi connectivity index (χ3v) is 2.89. The predicted octanol–water partition coefficient (Wildman–Crippen LogP) is 1.92. The fourth-order valence-corrected chi connectivity index (χ4v) is 1.76. The van der Waals surface area contributed by atoms with E-state index in [0.29, 0.717) is 17.9 Å². The number of hydrogen-bond donors (Lipinski definition) is 2. The van der Waals surface area contributed by atoms with Crippen LogP contribution < -0.4 is 10.9 Å². The summed E-state index contributed by atoms with van der Waals surface area (Å²) in [5.41, 5.74) is 1.42. The van der Waals surface area contributed by atoms with Crippen LogP contribution in [0.5, 0.6) is 0 Å². The minimum absolute atomic E-state index is 0.104. The van der Waals surface area contributed by atoms with E-state index < -0.39 is 0 Å². The molecule has 0 saturated heterocycles. The second kappa shape index (κ2) is 5.25. The van der Waals surface area contributed by atoms with Gasteiger partial charge in [-0.05, 0) is 19.2 Å². The van der Waals surface area contributed by atoms with Crippen molar-refractivity contribution >= 4 is 15.9 Å². The summed E-state index contributed by atoms with van der Waals surface area (Å²) < 4.78 is 0.996. The van der Waals surface area contributed by atoms with Crippen LogP contribution >= 0.6 is 15.9 Å². The highest BCUT2D eigenvalue weighted by molar-refractivity contribution is 9.10. The summed E-state index contributed by atoms with van der Waals surface area (Å²) in [6.07, 6.45) is 1.60. The first kappa shape index (κ1) is 12.0. The minimum Gasteiger partial charge on any atom is -0.315 e. The molecule has 0 saturated carbocycles. The maximum Gasteiger partial charge on any atom is 0.255 e. The van der Waals surface area contributed by atoms with Gasteiger partial charge in [-0.1, -0.05) is 28.1 Å². The predicted molar refractivity (Wildman–Crippen MR) is 70.8 cm³/mol. The lowest BCUT2D eigenvalue weighted by Crippen LogP contribution is -2.19. The number of hydrogen-bond acceptors (Lipinski definition) is 3. The van der Waals surface area contributed by atoms with Gasteiger partial charge in [0, 0.05) is 28.3 Å². The van der Waals surface area contributed by atoms with Gasteiger partial charge in [0.25, 0.3) is 5.56 Å². The molecule has 0 radical (unpaired) electrons. The quantitative estimate of drug-likeness (QED) is 0.909. The van der Waals surface area contributed by atoms with E-state index in [0.717, 1.165) is 10.0 Å². The van der Waals surface area contributed by atoms with Gasteiger partial charge >= 0.3 is 0 Å². The molecule has 0 unspecified atom stereocenters. The summed E-state index contributed by atoms with van der Waals surface area (Å²) in [5, 5.41) is 2.93. The van der Waals surface area contributed by atoms with Gasteiger partial charge in [0.1, 0.15) is 5.82 Å². The SMILES string of the molecule is CNCc1cnc(-c2ccc(Br)cc2)[nH]c1=O. The molecule has 5 heteroatoms. The topological polar surface area (TPSA) is 57.8 Å². The van der Waals surface area contributed by atoms with E-state index in [-0.39, 0.29) is 5.56 Å². The number of nitrogens with one attached hydrogen (secondary N) is 2. The average molecular weight is 294 g/mol. The molecule has 0 bridgehead atoms. The molecule has 1 aromatic carbocycles. The van der Waals surface area contributed by atoms with Crippen LogP contribution in [-0.2, 0) is 6.54 Å². The van der Waals surface area contributed by atoms with Gasteiger partial charge in [0.05, 0.1) is 0 Å². The van der Waals surface area contributed by atoms with E-state index in [1.807, 2.05) is 24.3 Å². The Kier molecular flexibility index (Phi) is 3.71. The fourth-order valence-electron chi connectivity index (χ4n) is 1.49. The molecule has 4 nitrogen and oxygen atoms in total. The number of aromatic amines is 1. The number of H-pyrrole nitrogens is 1. The van der Waals surface area contributed by atoms with E-state index in [1.54, 1.807) is 13.2 Å². The summed E-state index contributed by atoms with van der Waals surface area (Å²) in [7, 11) is 1.79. The lowest BCUT2D eigenvalue weighted by Gasteiger charge is -2.03. The highest BCUT2D eigenvalue weighted by Crippen LogP contribution is 2.17. The second-order valence-corrected chi connectivity index (χ2v) is 4.54. The van der Waals surface area contributed by atoms with Crippen molar-refractivity contribution in [2.75, 3.05) is 7.05 Å². The van der Waals surface area contributed by atoms with Crippen molar-refractivity contribution in [1.29, 1.82) is 0 Å². The van der Waals surface area contributed by atoms with Gasteiger partial charge in [-0.2, -0.15) is 0 Å². The Morgan fingerprint density at radius 2 is 2.06 bits per heavy atom.